The molecule has 3 nitrogen and oxygen atoms in total. The Kier molecular flexibility index (Phi) is 6.83. The molecule has 108 valence electrons. The lowest BCUT2D eigenvalue weighted by molar-refractivity contribution is 0.0767. The molecule has 0 amide bonds. The van der Waals surface area contributed by atoms with Gasteiger partial charge in [0.25, 0.3) is 6.43 Å². The number of aliphatic hydroxyl groups excluding tert-OH is 1. The lowest BCUT2D eigenvalue weighted by atomic mass is 10.0. The molecule has 0 fully saturated rings. The smallest absolute Gasteiger partial charge is 0.251 e. The van der Waals surface area contributed by atoms with Crippen LogP contribution in [0.15, 0.2) is 24.3 Å². The van der Waals surface area contributed by atoms with Crippen molar-refractivity contribution in [1.82, 2.24) is 4.90 Å². The Morgan fingerprint density at radius 1 is 1.21 bits per heavy atom. The van der Waals surface area contributed by atoms with Crippen molar-refractivity contribution in [2.24, 2.45) is 5.73 Å². The minimum absolute atomic E-state index is 0.161. The van der Waals surface area contributed by atoms with Crippen LogP contribution in [0.1, 0.15) is 18.0 Å². The van der Waals surface area contributed by atoms with E-state index in [1.807, 2.05) is 0 Å². The van der Waals surface area contributed by atoms with Crippen LogP contribution in [0.5, 0.6) is 0 Å². The zero-order valence-corrected chi connectivity index (χ0v) is 10.6. The van der Waals surface area contributed by atoms with Gasteiger partial charge in [-0.15, -0.1) is 0 Å². The standard InChI is InChI=1S/C13H19F3N2O/c14-11-4-2-1-3-10(11)12(17)5-6-18(7-8-19)9-13(15)16/h1-4,12-13,19H,5-9,17H2. The average molecular weight is 276 g/mol. The number of rotatable bonds is 8. The highest BCUT2D eigenvalue weighted by Gasteiger charge is 2.15. The lowest BCUT2D eigenvalue weighted by Gasteiger charge is -2.22. The molecular weight excluding hydrogens is 257 g/mol. The molecule has 0 radical (unpaired) electrons. The van der Waals surface area contributed by atoms with Gasteiger partial charge < -0.3 is 10.8 Å². The van der Waals surface area contributed by atoms with Crippen molar-refractivity contribution >= 4 is 0 Å². The summed E-state index contributed by atoms with van der Waals surface area (Å²) < 4.78 is 38.1. The summed E-state index contributed by atoms with van der Waals surface area (Å²) in [6, 6.07) is 5.62. The lowest BCUT2D eigenvalue weighted by Crippen LogP contribution is -2.34. The fourth-order valence-corrected chi connectivity index (χ4v) is 1.88. The maximum atomic E-state index is 13.5. The topological polar surface area (TPSA) is 49.5 Å². The summed E-state index contributed by atoms with van der Waals surface area (Å²) in [6.45, 7) is -0.152. The Hall–Kier alpha value is -1.11. The van der Waals surface area contributed by atoms with E-state index in [0.29, 0.717) is 18.5 Å². The highest BCUT2D eigenvalue weighted by Crippen LogP contribution is 2.18. The van der Waals surface area contributed by atoms with Gasteiger partial charge in [0.2, 0.25) is 0 Å². The summed E-state index contributed by atoms with van der Waals surface area (Å²) in [6.07, 6.45) is -2.11. The molecule has 3 N–H and O–H groups in total. The highest BCUT2D eigenvalue weighted by molar-refractivity contribution is 5.20. The van der Waals surface area contributed by atoms with Gasteiger partial charge in [0.1, 0.15) is 5.82 Å². The van der Waals surface area contributed by atoms with Crippen LogP contribution in [-0.2, 0) is 0 Å². The van der Waals surface area contributed by atoms with Crippen molar-refractivity contribution in [2.45, 2.75) is 18.9 Å². The minimum atomic E-state index is -2.46. The van der Waals surface area contributed by atoms with Crippen molar-refractivity contribution in [3.05, 3.63) is 35.6 Å². The van der Waals surface area contributed by atoms with Gasteiger partial charge in [0, 0.05) is 24.7 Å². The van der Waals surface area contributed by atoms with Gasteiger partial charge in [-0.05, 0) is 12.5 Å². The number of benzene rings is 1. The molecule has 0 saturated heterocycles. The van der Waals surface area contributed by atoms with E-state index in [1.165, 1.54) is 11.0 Å². The predicted molar refractivity (Wildman–Crippen MR) is 67.5 cm³/mol. The Bertz CT molecular complexity index is 377. The molecule has 1 aromatic carbocycles. The van der Waals surface area contributed by atoms with E-state index in [4.69, 9.17) is 10.8 Å². The van der Waals surface area contributed by atoms with Crippen molar-refractivity contribution < 1.29 is 18.3 Å². The summed E-state index contributed by atoms with van der Waals surface area (Å²) in [5.41, 5.74) is 6.23. The molecule has 1 rings (SSSR count). The van der Waals surface area contributed by atoms with Crippen LogP contribution >= 0.6 is 0 Å². The Labute approximate surface area is 110 Å². The van der Waals surface area contributed by atoms with Gasteiger partial charge in [0.15, 0.2) is 0 Å². The van der Waals surface area contributed by atoms with Crippen molar-refractivity contribution in [3.63, 3.8) is 0 Å². The van der Waals surface area contributed by atoms with Crippen molar-refractivity contribution in [3.8, 4) is 0 Å². The maximum Gasteiger partial charge on any atom is 0.251 e. The van der Waals surface area contributed by atoms with Gasteiger partial charge in [-0.2, -0.15) is 0 Å². The second-order valence-electron chi connectivity index (χ2n) is 4.33. The van der Waals surface area contributed by atoms with E-state index in [1.54, 1.807) is 18.2 Å². The highest BCUT2D eigenvalue weighted by atomic mass is 19.3. The van der Waals surface area contributed by atoms with E-state index in [0.717, 1.165) is 0 Å². The number of aliphatic hydroxyl groups is 1. The number of halogens is 3. The fraction of sp³-hybridized carbons (Fsp3) is 0.538. The van der Waals surface area contributed by atoms with E-state index < -0.39 is 24.8 Å². The first-order valence-electron chi connectivity index (χ1n) is 6.16. The first-order chi connectivity index (χ1) is 9.04. The fourth-order valence-electron chi connectivity index (χ4n) is 1.88. The van der Waals surface area contributed by atoms with Crippen LogP contribution in [-0.4, -0.2) is 42.7 Å². The van der Waals surface area contributed by atoms with Crippen LogP contribution < -0.4 is 5.73 Å². The molecule has 0 aromatic heterocycles. The van der Waals surface area contributed by atoms with E-state index >= 15 is 0 Å². The second-order valence-corrected chi connectivity index (χ2v) is 4.33. The van der Waals surface area contributed by atoms with Gasteiger partial charge in [-0.3, -0.25) is 4.90 Å². The summed E-state index contributed by atoms with van der Waals surface area (Å²) >= 11 is 0. The summed E-state index contributed by atoms with van der Waals surface area (Å²) in [7, 11) is 0. The Morgan fingerprint density at radius 2 is 1.89 bits per heavy atom. The quantitative estimate of drug-likeness (QED) is 0.761. The first kappa shape index (κ1) is 15.9. The second kappa shape index (κ2) is 8.14. The predicted octanol–water partition coefficient (Wildman–Crippen LogP) is 1.77. The molecule has 1 unspecified atom stereocenters. The molecule has 19 heavy (non-hydrogen) atoms. The van der Waals surface area contributed by atoms with Gasteiger partial charge in [0.05, 0.1) is 13.2 Å². The summed E-state index contributed by atoms with van der Waals surface area (Å²) in [5.74, 6) is -0.391. The van der Waals surface area contributed by atoms with Crippen LogP contribution in [0.3, 0.4) is 0 Å². The number of nitrogens with zero attached hydrogens (tertiary/aromatic N) is 1. The third kappa shape index (κ3) is 5.59. The molecule has 0 aliphatic rings. The molecule has 0 spiro atoms. The first-order valence-corrected chi connectivity index (χ1v) is 6.16. The third-order valence-corrected chi connectivity index (χ3v) is 2.87. The average Bonchev–Trinajstić information content (AvgIpc) is 2.36. The van der Waals surface area contributed by atoms with Crippen LogP contribution in [0, 0.1) is 5.82 Å². The monoisotopic (exact) mass is 276 g/mol. The number of hydrogen-bond donors (Lipinski definition) is 2. The molecule has 0 aliphatic heterocycles. The Morgan fingerprint density at radius 3 is 2.47 bits per heavy atom. The van der Waals surface area contributed by atoms with Crippen molar-refractivity contribution in [1.29, 1.82) is 0 Å². The zero-order valence-electron chi connectivity index (χ0n) is 10.6. The maximum absolute atomic E-state index is 13.5. The molecule has 1 atom stereocenters. The largest absolute Gasteiger partial charge is 0.395 e. The molecule has 1 aromatic rings. The van der Waals surface area contributed by atoms with E-state index in [-0.39, 0.29) is 13.2 Å². The number of alkyl halides is 2. The number of nitrogens with two attached hydrogens (primary N) is 1. The Balaban J connectivity index is 2.51. The molecule has 0 aliphatic carbocycles. The molecule has 0 bridgehead atoms. The van der Waals surface area contributed by atoms with Crippen molar-refractivity contribution in [2.75, 3.05) is 26.2 Å². The molecule has 6 heteroatoms. The molecular formula is C13H19F3N2O. The van der Waals surface area contributed by atoms with Crippen LogP contribution in [0.25, 0.3) is 0 Å². The third-order valence-electron chi connectivity index (χ3n) is 2.87. The van der Waals surface area contributed by atoms with Crippen LogP contribution in [0.2, 0.25) is 0 Å². The molecule has 0 heterocycles. The minimum Gasteiger partial charge on any atom is -0.395 e. The van der Waals surface area contributed by atoms with Gasteiger partial charge >= 0.3 is 0 Å². The van der Waals surface area contributed by atoms with Gasteiger partial charge in [-0.25, -0.2) is 13.2 Å². The van der Waals surface area contributed by atoms with E-state index in [2.05, 4.69) is 0 Å². The molecule has 0 saturated carbocycles. The van der Waals surface area contributed by atoms with Gasteiger partial charge in [-0.1, -0.05) is 18.2 Å². The summed E-state index contributed by atoms with van der Waals surface area (Å²) in [5, 5.41) is 8.80. The normalized spacial score (nSPS) is 13.2. The summed E-state index contributed by atoms with van der Waals surface area (Å²) in [4.78, 5) is 1.42. The van der Waals surface area contributed by atoms with Crippen LogP contribution in [0.4, 0.5) is 13.2 Å². The number of hydrogen-bond acceptors (Lipinski definition) is 3. The van der Waals surface area contributed by atoms with E-state index in [9.17, 15) is 13.2 Å². The zero-order chi connectivity index (χ0) is 14.3. The SMILES string of the molecule is NC(CCN(CCO)CC(F)F)c1ccccc1F.